The molecule has 0 atom stereocenters. The summed E-state index contributed by atoms with van der Waals surface area (Å²) in [6.07, 6.45) is 0.0251. The van der Waals surface area contributed by atoms with Gasteiger partial charge in [-0.2, -0.15) is 15.8 Å². The smallest absolute Gasteiger partial charge is 0.142 e. The molecule has 0 unspecified atom stereocenters. The van der Waals surface area contributed by atoms with Crippen molar-refractivity contribution >= 4 is 0 Å². The summed E-state index contributed by atoms with van der Waals surface area (Å²) < 4.78 is 13.1. The first-order chi connectivity index (χ1) is 6.72. The molecule has 1 aromatic carbocycles. The lowest BCUT2D eigenvalue weighted by Crippen LogP contribution is -1.93. The van der Waals surface area contributed by atoms with Crippen molar-refractivity contribution in [2.75, 3.05) is 0 Å². The van der Waals surface area contributed by atoms with Gasteiger partial charge in [0, 0.05) is 0 Å². The van der Waals surface area contributed by atoms with E-state index in [-0.39, 0.29) is 17.5 Å². The summed E-state index contributed by atoms with van der Waals surface area (Å²) in [6.45, 7) is 0. The Bertz CT molecular complexity index is 486. The normalized spacial score (nSPS) is 8.43. The number of benzene rings is 1. The van der Waals surface area contributed by atoms with Crippen LogP contribution in [-0.4, -0.2) is 0 Å². The van der Waals surface area contributed by atoms with Gasteiger partial charge >= 0.3 is 0 Å². The largest absolute Gasteiger partial charge is 0.205 e. The monoisotopic (exact) mass is 185 g/mol. The first-order valence-electron chi connectivity index (χ1n) is 3.72. The second-order valence-corrected chi connectivity index (χ2v) is 2.56. The molecule has 0 saturated heterocycles. The van der Waals surface area contributed by atoms with Crippen molar-refractivity contribution in [3.63, 3.8) is 0 Å². The number of halogens is 1. The number of nitrogens with zero attached hydrogens (tertiary/aromatic N) is 3. The zero-order chi connectivity index (χ0) is 10.6. The maximum absolute atomic E-state index is 13.1. The molecule has 3 nitrogen and oxygen atoms in total. The molecular formula is C10H4FN3. The van der Waals surface area contributed by atoms with Crippen molar-refractivity contribution in [1.29, 1.82) is 15.8 Å². The van der Waals surface area contributed by atoms with Crippen LogP contribution in [0.1, 0.15) is 16.7 Å². The molecule has 14 heavy (non-hydrogen) atoms. The first kappa shape index (κ1) is 9.71. The molecule has 0 N–H and O–H groups in total. The minimum atomic E-state index is -0.753. The minimum Gasteiger partial charge on any atom is -0.205 e. The van der Waals surface area contributed by atoms with Gasteiger partial charge in [-0.15, -0.1) is 0 Å². The Hall–Kier alpha value is -2.38. The molecule has 0 saturated carbocycles. The Kier molecular flexibility index (Phi) is 2.79. The predicted molar refractivity (Wildman–Crippen MR) is 45.1 cm³/mol. The van der Waals surface area contributed by atoms with Gasteiger partial charge in [-0.05, 0) is 17.7 Å². The van der Waals surface area contributed by atoms with Gasteiger partial charge in [-0.25, -0.2) is 4.39 Å². The molecule has 4 heteroatoms. The third-order valence-corrected chi connectivity index (χ3v) is 1.67. The summed E-state index contributed by atoms with van der Waals surface area (Å²) in [5.74, 6) is -0.753. The summed E-state index contributed by atoms with van der Waals surface area (Å²) in [7, 11) is 0. The zero-order valence-electron chi connectivity index (χ0n) is 7.08. The van der Waals surface area contributed by atoms with Gasteiger partial charge in [-0.1, -0.05) is 0 Å². The number of hydrogen-bond donors (Lipinski definition) is 0. The molecule has 1 rings (SSSR count). The minimum absolute atomic E-state index is 0.0251. The predicted octanol–water partition coefficient (Wildman–Crippen LogP) is 1.64. The van der Waals surface area contributed by atoms with Gasteiger partial charge in [-0.3, -0.25) is 0 Å². The molecule has 0 aliphatic rings. The van der Waals surface area contributed by atoms with E-state index in [9.17, 15) is 4.39 Å². The average molecular weight is 185 g/mol. The van der Waals surface area contributed by atoms with Crippen LogP contribution in [0.25, 0.3) is 0 Å². The quantitative estimate of drug-likeness (QED) is 0.667. The lowest BCUT2D eigenvalue weighted by atomic mass is 10.0. The highest BCUT2D eigenvalue weighted by Crippen LogP contribution is 2.15. The van der Waals surface area contributed by atoms with E-state index < -0.39 is 5.82 Å². The summed E-state index contributed by atoms with van der Waals surface area (Å²) in [4.78, 5) is 0. The summed E-state index contributed by atoms with van der Waals surface area (Å²) in [5.41, 5.74) is 0.104. The van der Waals surface area contributed by atoms with Gasteiger partial charge in [0.05, 0.1) is 18.1 Å². The van der Waals surface area contributed by atoms with Crippen LogP contribution in [0.2, 0.25) is 0 Å². The van der Waals surface area contributed by atoms with Gasteiger partial charge in [0.15, 0.2) is 0 Å². The summed E-state index contributed by atoms with van der Waals surface area (Å²) in [6, 6.07) is 7.61. The molecule has 0 radical (unpaired) electrons. The fourth-order valence-electron chi connectivity index (χ4n) is 1.06. The Morgan fingerprint density at radius 1 is 1.14 bits per heavy atom. The van der Waals surface area contributed by atoms with Crippen LogP contribution in [0.3, 0.4) is 0 Å². The third kappa shape index (κ3) is 1.68. The van der Waals surface area contributed by atoms with E-state index in [1.165, 1.54) is 6.07 Å². The number of nitriles is 3. The van der Waals surface area contributed by atoms with Crippen molar-refractivity contribution in [2.24, 2.45) is 0 Å². The van der Waals surface area contributed by atoms with Crippen molar-refractivity contribution < 1.29 is 4.39 Å². The number of rotatable bonds is 1. The van der Waals surface area contributed by atoms with Gasteiger partial charge in [0.2, 0.25) is 0 Å². The lowest BCUT2D eigenvalue weighted by molar-refractivity contribution is 0.621. The highest BCUT2D eigenvalue weighted by molar-refractivity contribution is 5.48. The van der Waals surface area contributed by atoms with Crippen LogP contribution in [0.5, 0.6) is 0 Å². The molecule has 1 aromatic rings. The maximum Gasteiger partial charge on any atom is 0.142 e. The van der Waals surface area contributed by atoms with Crippen molar-refractivity contribution in [1.82, 2.24) is 0 Å². The van der Waals surface area contributed by atoms with E-state index in [0.717, 1.165) is 6.07 Å². The van der Waals surface area contributed by atoms with Crippen LogP contribution in [-0.2, 0) is 6.42 Å². The van der Waals surface area contributed by atoms with Gasteiger partial charge in [0.25, 0.3) is 0 Å². The highest BCUT2D eigenvalue weighted by Gasteiger charge is 2.09. The number of hydrogen-bond acceptors (Lipinski definition) is 3. The van der Waals surface area contributed by atoms with E-state index in [4.69, 9.17) is 15.8 Å². The molecule has 0 aliphatic heterocycles. The zero-order valence-corrected chi connectivity index (χ0v) is 7.08. The van der Waals surface area contributed by atoms with Crippen LogP contribution < -0.4 is 0 Å². The Morgan fingerprint density at radius 2 is 1.86 bits per heavy atom. The topological polar surface area (TPSA) is 71.4 Å². The molecule has 0 bridgehead atoms. The van der Waals surface area contributed by atoms with Crippen LogP contribution in [0, 0.1) is 39.8 Å². The van der Waals surface area contributed by atoms with E-state index >= 15 is 0 Å². The summed E-state index contributed by atoms with van der Waals surface area (Å²) in [5, 5.41) is 25.5. The maximum atomic E-state index is 13.1. The fraction of sp³-hybridized carbons (Fsp3) is 0.100. The van der Waals surface area contributed by atoms with E-state index in [0.29, 0.717) is 5.56 Å². The SMILES string of the molecule is N#CCc1cc(F)c(C#N)c(C#N)c1. The molecule has 66 valence electrons. The molecule has 0 aliphatic carbocycles. The molecule has 0 spiro atoms. The van der Waals surface area contributed by atoms with Crippen LogP contribution >= 0.6 is 0 Å². The fourth-order valence-corrected chi connectivity index (χ4v) is 1.06. The highest BCUT2D eigenvalue weighted by atomic mass is 19.1. The molecule has 0 heterocycles. The second-order valence-electron chi connectivity index (χ2n) is 2.56. The molecular weight excluding hydrogens is 181 g/mol. The Balaban J connectivity index is 3.37. The second kappa shape index (κ2) is 4.03. The summed E-state index contributed by atoms with van der Waals surface area (Å²) >= 11 is 0. The van der Waals surface area contributed by atoms with E-state index in [1.54, 1.807) is 12.1 Å². The third-order valence-electron chi connectivity index (χ3n) is 1.67. The standard InChI is InChI=1S/C10H4FN3/c11-10-4-7(1-2-12)3-8(5-13)9(10)6-14/h3-4H,1H2. The van der Waals surface area contributed by atoms with E-state index in [2.05, 4.69) is 0 Å². The molecule has 0 aromatic heterocycles. The average Bonchev–Trinajstić information content (AvgIpc) is 2.17. The molecule has 0 amide bonds. The Morgan fingerprint density at radius 3 is 2.36 bits per heavy atom. The van der Waals surface area contributed by atoms with Crippen molar-refractivity contribution in [3.8, 4) is 18.2 Å². The van der Waals surface area contributed by atoms with Gasteiger partial charge in [0.1, 0.15) is 23.5 Å². The van der Waals surface area contributed by atoms with Crippen molar-refractivity contribution in [3.05, 3.63) is 34.6 Å². The molecule has 0 fully saturated rings. The van der Waals surface area contributed by atoms with E-state index in [1.807, 2.05) is 6.07 Å². The van der Waals surface area contributed by atoms with Crippen molar-refractivity contribution in [2.45, 2.75) is 6.42 Å². The van der Waals surface area contributed by atoms with Crippen LogP contribution in [0.15, 0.2) is 12.1 Å². The van der Waals surface area contributed by atoms with Crippen LogP contribution in [0.4, 0.5) is 4.39 Å². The lowest BCUT2D eigenvalue weighted by Gasteiger charge is -1.99. The first-order valence-corrected chi connectivity index (χ1v) is 3.72. The van der Waals surface area contributed by atoms with Gasteiger partial charge < -0.3 is 0 Å². The Labute approximate surface area is 80.2 Å².